The van der Waals surface area contributed by atoms with Gasteiger partial charge in [-0.25, -0.2) is 0 Å². The van der Waals surface area contributed by atoms with Gasteiger partial charge in [0.05, 0.1) is 13.2 Å². The number of esters is 2. The number of ether oxygens (including phenoxy) is 2. The molecule has 0 fully saturated rings. The molecule has 0 radical (unpaired) electrons. The summed E-state index contributed by atoms with van der Waals surface area (Å²) in [5.74, 6) is -1.30. The average Bonchev–Trinajstić information content (AvgIpc) is 2.33. The van der Waals surface area contributed by atoms with E-state index in [-0.39, 0.29) is 26.3 Å². The van der Waals surface area contributed by atoms with Gasteiger partial charge in [-0.05, 0) is 11.1 Å². The maximum atomic E-state index is 10.8. The zero-order valence-corrected chi connectivity index (χ0v) is 8.85. The van der Waals surface area contributed by atoms with Crippen molar-refractivity contribution in [2.24, 2.45) is 10.2 Å². The third-order valence-electron chi connectivity index (χ3n) is 1.34. The number of carbonyl (C=O) groups excluding carboxylic acids is 2. The lowest BCUT2D eigenvalue weighted by molar-refractivity contribution is -0.144. The minimum absolute atomic E-state index is 0.0502. The molecule has 0 aromatic heterocycles. The van der Waals surface area contributed by atoms with Gasteiger partial charge in [0.25, 0.3) is 0 Å². The second-order valence-corrected chi connectivity index (χ2v) is 2.57. The molecule has 0 aliphatic heterocycles. The Morgan fingerprint density at radius 1 is 0.941 bits per heavy atom. The molecule has 0 aliphatic carbocycles. The average molecular weight is 242 g/mol. The van der Waals surface area contributed by atoms with Crippen LogP contribution in [0.5, 0.6) is 0 Å². The molecule has 0 saturated carbocycles. The van der Waals surface area contributed by atoms with Crippen molar-refractivity contribution in [1.82, 2.24) is 0 Å². The summed E-state index contributed by atoms with van der Waals surface area (Å²) in [5.41, 5.74) is 15.8. The van der Waals surface area contributed by atoms with Crippen LogP contribution in [0.1, 0.15) is 6.42 Å². The molecule has 0 unspecified atom stereocenters. The third-order valence-corrected chi connectivity index (χ3v) is 1.34. The number of hydrogen-bond donors (Lipinski definition) is 0. The summed E-state index contributed by atoms with van der Waals surface area (Å²) in [5, 5.41) is 6.01. The molecular weight excluding hydrogens is 232 g/mol. The Balaban J connectivity index is 3.45. The minimum atomic E-state index is -0.650. The van der Waals surface area contributed by atoms with Crippen LogP contribution >= 0.6 is 0 Å². The van der Waals surface area contributed by atoms with Gasteiger partial charge in [0, 0.05) is 16.2 Å². The predicted molar refractivity (Wildman–Crippen MR) is 54.6 cm³/mol. The number of rotatable bonds is 8. The van der Waals surface area contributed by atoms with Crippen molar-refractivity contribution in [3.8, 4) is 0 Å². The summed E-state index contributed by atoms with van der Waals surface area (Å²) in [6, 6.07) is 0. The van der Waals surface area contributed by atoms with Crippen LogP contribution in [0, 0.1) is 0 Å². The molecule has 17 heavy (non-hydrogen) atoms. The molecule has 0 N–H and O–H groups in total. The van der Waals surface area contributed by atoms with E-state index >= 15 is 0 Å². The van der Waals surface area contributed by atoms with Crippen LogP contribution in [0.3, 0.4) is 0 Å². The van der Waals surface area contributed by atoms with Gasteiger partial charge in [-0.2, -0.15) is 0 Å². The van der Waals surface area contributed by atoms with Gasteiger partial charge < -0.3 is 9.47 Å². The first-order valence-electron chi connectivity index (χ1n) is 4.53. The molecule has 0 amide bonds. The Morgan fingerprint density at radius 2 is 1.35 bits per heavy atom. The second kappa shape index (κ2) is 10.1. The zero-order valence-electron chi connectivity index (χ0n) is 8.85. The number of azide groups is 2. The number of nitrogens with zero attached hydrogens (tertiary/aromatic N) is 6. The first-order chi connectivity index (χ1) is 8.20. The highest BCUT2D eigenvalue weighted by Crippen LogP contribution is 1.89. The van der Waals surface area contributed by atoms with E-state index in [4.69, 9.17) is 11.1 Å². The standard InChI is InChI=1S/C7H10N6O4/c8-12-10-4-6(14)16-2-1-3-17-7(15)5-11-13-9/h1-5H2. The molecule has 0 rings (SSSR count). The lowest BCUT2D eigenvalue weighted by atomic mass is 10.5. The van der Waals surface area contributed by atoms with Crippen molar-refractivity contribution in [3.05, 3.63) is 20.9 Å². The van der Waals surface area contributed by atoms with Crippen molar-refractivity contribution in [3.63, 3.8) is 0 Å². The first kappa shape index (κ1) is 14.6. The molecule has 0 aromatic carbocycles. The number of hydrogen-bond acceptors (Lipinski definition) is 6. The summed E-state index contributed by atoms with van der Waals surface area (Å²) >= 11 is 0. The summed E-state index contributed by atoms with van der Waals surface area (Å²) in [6.07, 6.45) is 0.310. The smallest absolute Gasteiger partial charge is 0.311 e. The zero-order chi connectivity index (χ0) is 12.9. The summed E-state index contributed by atoms with van der Waals surface area (Å²) in [4.78, 5) is 26.4. The largest absolute Gasteiger partial charge is 0.465 e. The molecule has 0 bridgehead atoms. The third kappa shape index (κ3) is 9.85. The van der Waals surface area contributed by atoms with E-state index in [0.717, 1.165) is 0 Å². The van der Waals surface area contributed by atoms with E-state index in [0.29, 0.717) is 6.42 Å². The van der Waals surface area contributed by atoms with E-state index in [1.807, 2.05) is 0 Å². The van der Waals surface area contributed by atoms with E-state index in [1.165, 1.54) is 0 Å². The molecule has 10 heteroatoms. The van der Waals surface area contributed by atoms with E-state index in [1.54, 1.807) is 0 Å². The summed E-state index contributed by atoms with van der Waals surface area (Å²) in [7, 11) is 0. The van der Waals surface area contributed by atoms with Gasteiger partial charge in [0.1, 0.15) is 13.1 Å². The molecule has 0 atom stereocenters. The van der Waals surface area contributed by atoms with Gasteiger partial charge in [0.15, 0.2) is 0 Å². The minimum Gasteiger partial charge on any atom is -0.465 e. The lowest BCUT2D eigenvalue weighted by Crippen LogP contribution is -2.13. The van der Waals surface area contributed by atoms with Gasteiger partial charge in [-0.1, -0.05) is 10.2 Å². The monoisotopic (exact) mass is 242 g/mol. The Bertz CT molecular complexity index is 323. The molecule has 10 nitrogen and oxygen atoms in total. The Kier molecular flexibility index (Phi) is 8.64. The fourth-order valence-electron chi connectivity index (χ4n) is 0.701. The molecule has 0 heterocycles. The predicted octanol–water partition coefficient (Wildman–Crippen LogP) is 1.08. The van der Waals surface area contributed by atoms with Crippen molar-refractivity contribution in [2.75, 3.05) is 26.3 Å². The fourth-order valence-corrected chi connectivity index (χ4v) is 0.701. The van der Waals surface area contributed by atoms with Crippen LogP contribution in [0.2, 0.25) is 0 Å². The van der Waals surface area contributed by atoms with Crippen molar-refractivity contribution in [1.29, 1.82) is 0 Å². The maximum Gasteiger partial charge on any atom is 0.311 e. The van der Waals surface area contributed by atoms with Gasteiger partial charge in [-0.3, -0.25) is 9.59 Å². The van der Waals surface area contributed by atoms with Gasteiger partial charge in [-0.15, -0.1) is 0 Å². The first-order valence-corrected chi connectivity index (χ1v) is 4.53. The highest BCUT2D eigenvalue weighted by Gasteiger charge is 2.02. The normalized spacial score (nSPS) is 8.47. The topological polar surface area (TPSA) is 150 Å². The quantitative estimate of drug-likeness (QED) is 0.205. The van der Waals surface area contributed by atoms with Crippen LogP contribution in [-0.2, 0) is 19.1 Å². The second-order valence-electron chi connectivity index (χ2n) is 2.57. The van der Waals surface area contributed by atoms with Crippen LogP contribution < -0.4 is 0 Å². The summed E-state index contributed by atoms with van der Waals surface area (Å²) < 4.78 is 9.26. The highest BCUT2D eigenvalue weighted by molar-refractivity contribution is 5.72. The lowest BCUT2D eigenvalue weighted by Gasteiger charge is -2.03. The van der Waals surface area contributed by atoms with Crippen LogP contribution in [0.4, 0.5) is 0 Å². The Labute approximate surface area is 95.7 Å². The van der Waals surface area contributed by atoms with Gasteiger partial charge >= 0.3 is 11.9 Å². The molecule has 92 valence electrons. The Morgan fingerprint density at radius 3 is 1.71 bits per heavy atom. The Hall–Kier alpha value is -2.44. The van der Waals surface area contributed by atoms with E-state index in [2.05, 4.69) is 29.5 Å². The highest BCUT2D eigenvalue weighted by atomic mass is 16.5. The van der Waals surface area contributed by atoms with E-state index < -0.39 is 11.9 Å². The van der Waals surface area contributed by atoms with E-state index in [9.17, 15) is 9.59 Å². The van der Waals surface area contributed by atoms with Crippen LogP contribution in [-0.4, -0.2) is 38.2 Å². The molecule has 0 saturated heterocycles. The molecular formula is C7H10N6O4. The number of carbonyl (C=O) groups is 2. The van der Waals surface area contributed by atoms with Crippen LogP contribution in [0.25, 0.3) is 20.9 Å². The van der Waals surface area contributed by atoms with Gasteiger partial charge in [0.2, 0.25) is 0 Å². The van der Waals surface area contributed by atoms with Crippen LogP contribution in [0.15, 0.2) is 10.2 Å². The molecule has 0 aromatic rings. The fraction of sp³-hybridized carbons (Fsp3) is 0.714. The maximum absolute atomic E-state index is 10.8. The SMILES string of the molecule is [N-]=[N+]=NCC(=O)OCCCOC(=O)CN=[N+]=[N-]. The summed E-state index contributed by atoms with van der Waals surface area (Å²) in [6.45, 7) is -0.635. The molecule has 0 aliphatic rings. The van der Waals surface area contributed by atoms with Crippen molar-refractivity contribution >= 4 is 11.9 Å². The van der Waals surface area contributed by atoms with Crippen molar-refractivity contribution < 1.29 is 19.1 Å². The molecule has 0 spiro atoms. The van der Waals surface area contributed by atoms with Crippen molar-refractivity contribution in [2.45, 2.75) is 6.42 Å².